The molecule has 1 fully saturated rings. The molecule has 112 valence electrons. The van der Waals surface area contributed by atoms with Crippen LogP contribution in [0.2, 0.25) is 0 Å². The highest BCUT2D eigenvalue weighted by molar-refractivity contribution is 5.80. The fraction of sp³-hybridized carbons (Fsp3) is 0.538. The van der Waals surface area contributed by atoms with Gasteiger partial charge in [-0.1, -0.05) is 0 Å². The molecule has 0 radical (unpaired) electrons. The van der Waals surface area contributed by atoms with E-state index in [4.69, 9.17) is 4.74 Å². The van der Waals surface area contributed by atoms with Crippen molar-refractivity contribution in [3.8, 4) is 0 Å². The van der Waals surface area contributed by atoms with Crippen molar-refractivity contribution in [2.45, 2.75) is 26.0 Å². The molecule has 2 aromatic heterocycles. The number of ether oxygens (including phenoxy) is 1. The molecule has 8 heteroatoms. The Morgan fingerprint density at radius 3 is 3.10 bits per heavy atom. The molecule has 1 aliphatic rings. The number of hydrogen-bond donors (Lipinski definition) is 1. The van der Waals surface area contributed by atoms with Gasteiger partial charge in [0.1, 0.15) is 18.0 Å². The predicted molar refractivity (Wildman–Crippen MR) is 73.3 cm³/mol. The van der Waals surface area contributed by atoms with Crippen molar-refractivity contribution in [1.82, 2.24) is 29.9 Å². The summed E-state index contributed by atoms with van der Waals surface area (Å²) >= 11 is 0. The molecule has 0 aromatic carbocycles. The Balaban J connectivity index is 1.69. The standard InChI is InChI=1S/C13H18N6O2/c1-9(19-5-3-4-14-19)13(20)18-6-7-21-11(8-18)12-15-10(2)16-17-12/h3-5,9,11H,6-8H2,1-2H3,(H,15,16,17)/t9-,11+/m0/s1. The van der Waals surface area contributed by atoms with Gasteiger partial charge in [0, 0.05) is 18.9 Å². The molecular formula is C13H18N6O2. The van der Waals surface area contributed by atoms with Gasteiger partial charge in [-0.25, -0.2) is 4.98 Å². The van der Waals surface area contributed by atoms with Gasteiger partial charge in [-0.3, -0.25) is 14.6 Å². The number of carbonyl (C=O) groups excluding carboxylic acids is 1. The van der Waals surface area contributed by atoms with Crippen LogP contribution in [0.15, 0.2) is 18.5 Å². The summed E-state index contributed by atoms with van der Waals surface area (Å²) in [7, 11) is 0. The van der Waals surface area contributed by atoms with E-state index in [0.717, 1.165) is 5.82 Å². The number of hydrogen-bond acceptors (Lipinski definition) is 5. The zero-order chi connectivity index (χ0) is 14.8. The van der Waals surface area contributed by atoms with E-state index < -0.39 is 0 Å². The molecule has 21 heavy (non-hydrogen) atoms. The first-order chi connectivity index (χ1) is 10.1. The van der Waals surface area contributed by atoms with Gasteiger partial charge in [-0.2, -0.15) is 10.2 Å². The lowest BCUT2D eigenvalue weighted by atomic mass is 10.2. The van der Waals surface area contributed by atoms with Gasteiger partial charge in [0.05, 0.1) is 13.2 Å². The Labute approximate surface area is 122 Å². The second-order valence-electron chi connectivity index (χ2n) is 5.08. The van der Waals surface area contributed by atoms with Crippen molar-refractivity contribution in [3.05, 3.63) is 30.1 Å². The topological polar surface area (TPSA) is 88.9 Å². The molecule has 0 saturated carbocycles. The average Bonchev–Trinajstić information content (AvgIpc) is 3.17. The Hall–Kier alpha value is -2.22. The zero-order valence-corrected chi connectivity index (χ0v) is 12.1. The predicted octanol–water partition coefficient (Wildman–Crippen LogP) is 0.471. The van der Waals surface area contributed by atoms with Crippen molar-refractivity contribution in [1.29, 1.82) is 0 Å². The van der Waals surface area contributed by atoms with E-state index in [-0.39, 0.29) is 18.1 Å². The maximum atomic E-state index is 12.5. The summed E-state index contributed by atoms with van der Waals surface area (Å²) in [5, 5.41) is 11.0. The summed E-state index contributed by atoms with van der Waals surface area (Å²) in [5.41, 5.74) is 0. The fourth-order valence-electron chi connectivity index (χ4n) is 2.40. The summed E-state index contributed by atoms with van der Waals surface area (Å²) in [6.07, 6.45) is 3.18. The van der Waals surface area contributed by atoms with Crippen LogP contribution in [0.1, 0.15) is 30.7 Å². The number of aromatic nitrogens is 5. The van der Waals surface area contributed by atoms with Crippen LogP contribution in [0.25, 0.3) is 0 Å². The molecular weight excluding hydrogens is 272 g/mol. The molecule has 2 atom stereocenters. The van der Waals surface area contributed by atoms with E-state index in [2.05, 4.69) is 20.3 Å². The highest BCUT2D eigenvalue weighted by atomic mass is 16.5. The lowest BCUT2D eigenvalue weighted by Crippen LogP contribution is -2.45. The molecule has 1 saturated heterocycles. The third-order valence-corrected chi connectivity index (χ3v) is 3.56. The smallest absolute Gasteiger partial charge is 0.247 e. The molecule has 0 bridgehead atoms. The molecule has 8 nitrogen and oxygen atoms in total. The van der Waals surface area contributed by atoms with Crippen LogP contribution in [0, 0.1) is 6.92 Å². The van der Waals surface area contributed by atoms with Crippen LogP contribution in [-0.2, 0) is 9.53 Å². The number of nitrogens with zero attached hydrogens (tertiary/aromatic N) is 5. The summed E-state index contributed by atoms with van der Waals surface area (Å²) < 4.78 is 7.32. The van der Waals surface area contributed by atoms with E-state index in [9.17, 15) is 4.79 Å². The number of H-pyrrole nitrogens is 1. The van der Waals surface area contributed by atoms with E-state index >= 15 is 0 Å². The highest BCUT2D eigenvalue weighted by Gasteiger charge is 2.30. The van der Waals surface area contributed by atoms with E-state index in [0.29, 0.717) is 25.5 Å². The average molecular weight is 290 g/mol. The van der Waals surface area contributed by atoms with Crippen LogP contribution in [0.3, 0.4) is 0 Å². The SMILES string of the molecule is Cc1nc([C@H]2CN(C(=O)[C@H](C)n3cccn3)CCO2)n[nH]1. The monoisotopic (exact) mass is 290 g/mol. The quantitative estimate of drug-likeness (QED) is 0.887. The van der Waals surface area contributed by atoms with E-state index in [1.165, 1.54) is 0 Å². The minimum Gasteiger partial charge on any atom is -0.366 e. The first-order valence-corrected chi connectivity index (χ1v) is 6.93. The molecule has 0 aliphatic carbocycles. The minimum absolute atomic E-state index is 0.0271. The number of aryl methyl sites for hydroxylation is 1. The normalized spacial score (nSPS) is 20.5. The Morgan fingerprint density at radius 1 is 1.57 bits per heavy atom. The lowest BCUT2D eigenvalue weighted by molar-refractivity contribution is -0.142. The van der Waals surface area contributed by atoms with Crippen molar-refractivity contribution in [2.24, 2.45) is 0 Å². The van der Waals surface area contributed by atoms with Crippen molar-refractivity contribution in [3.63, 3.8) is 0 Å². The maximum Gasteiger partial charge on any atom is 0.247 e. The minimum atomic E-state index is -0.326. The fourth-order valence-corrected chi connectivity index (χ4v) is 2.40. The number of carbonyl (C=O) groups is 1. The van der Waals surface area contributed by atoms with Crippen molar-refractivity contribution in [2.75, 3.05) is 19.7 Å². The zero-order valence-electron chi connectivity index (χ0n) is 12.1. The highest BCUT2D eigenvalue weighted by Crippen LogP contribution is 2.21. The van der Waals surface area contributed by atoms with Gasteiger partial charge in [0.15, 0.2) is 5.82 Å². The van der Waals surface area contributed by atoms with Gasteiger partial charge >= 0.3 is 0 Å². The third-order valence-electron chi connectivity index (χ3n) is 3.56. The van der Waals surface area contributed by atoms with Crippen LogP contribution in [0.4, 0.5) is 0 Å². The number of morpholine rings is 1. The van der Waals surface area contributed by atoms with E-state index in [1.54, 1.807) is 22.0 Å². The summed E-state index contributed by atoms with van der Waals surface area (Å²) in [5.74, 6) is 1.36. The number of aromatic amines is 1. The second-order valence-corrected chi connectivity index (χ2v) is 5.08. The molecule has 0 unspecified atom stereocenters. The van der Waals surface area contributed by atoms with Crippen molar-refractivity contribution < 1.29 is 9.53 Å². The summed E-state index contributed by atoms with van der Waals surface area (Å²) in [6.45, 7) is 5.20. The van der Waals surface area contributed by atoms with Crippen LogP contribution >= 0.6 is 0 Å². The van der Waals surface area contributed by atoms with Gasteiger partial charge in [0.25, 0.3) is 0 Å². The number of nitrogens with one attached hydrogen (secondary N) is 1. The van der Waals surface area contributed by atoms with E-state index in [1.807, 2.05) is 19.9 Å². The molecule has 0 spiro atoms. The number of amides is 1. The summed E-state index contributed by atoms with van der Waals surface area (Å²) in [6, 6.07) is 1.48. The molecule has 2 aromatic rings. The van der Waals surface area contributed by atoms with Crippen LogP contribution in [0.5, 0.6) is 0 Å². The first-order valence-electron chi connectivity index (χ1n) is 6.93. The second kappa shape index (κ2) is 5.65. The number of rotatable bonds is 3. The molecule has 3 heterocycles. The van der Waals surface area contributed by atoms with Gasteiger partial charge < -0.3 is 9.64 Å². The van der Waals surface area contributed by atoms with Crippen molar-refractivity contribution >= 4 is 5.91 Å². The first kappa shape index (κ1) is 13.7. The third kappa shape index (κ3) is 2.80. The Kier molecular flexibility index (Phi) is 3.70. The molecule has 1 aliphatic heterocycles. The molecule has 1 amide bonds. The van der Waals surface area contributed by atoms with Gasteiger partial charge in [0.2, 0.25) is 5.91 Å². The lowest BCUT2D eigenvalue weighted by Gasteiger charge is -2.33. The van der Waals surface area contributed by atoms with Gasteiger partial charge in [-0.05, 0) is 19.9 Å². The molecule has 3 rings (SSSR count). The molecule has 1 N–H and O–H groups in total. The van der Waals surface area contributed by atoms with Crippen LogP contribution in [-0.4, -0.2) is 55.5 Å². The Morgan fingerprint density at radius 2 is 2.43 bits per heavy atom. The largest absolute Gasteiger partial charge is 0.366 e. The summed E-state index contributed by atoms with van der Waals surface area (Å²) in [4.78, 5) is 18.6. The van der Waals surface area contributed by atoms with Crippen LogP contribution < -0.4 is 0 Å². The van der Waals surface area contributed by atoms with Gasteiger partial charge in [-0.15, -0.1) is 0 Å². The Bertz CT molecular complexity index is 608. The maximum absolute atomic E-state index is 12.5.